The van der Waals surface area contributed by atoms with Crippen molar-refractivity contribution in [2.75, 3.05) is 6.61 Å². The fourth-order valence-corrected chi connectivity index (χ4v) is 10.1. The second kappa shape index (κ2) is 10.9. The molecular weight excluding hydrogens is 484 g/mol. The summed E-state index contributed by atoms with van der Waals surface area (Å²) in [5.74, 6) is 0.817. The molecule has 0 aromatic heterocycles. The smallest absolute Gasteiger partial charge is 0.309 e. The molecule has 4 aliphatic carbocycles. The normalized spacial score (nSPS) is 43.5. The molecule has 4 rings (SSSR count). The molecule has 0 aromatic rings. The molecule has 0 amide bonds. The number of carbonyl (C=O) groups is 1. The maximum Gasteiger partial charge on any atom is 0.309 e. The van der Waals surface area contributed by atoms with Gasteiger partial charge >= 0.3 is 5.97 Å². The van der Waals surface area contributed by atoms with E-state index in [0.29, 0.717) is 29.8 Å². The van der Waals surface area contributed by atoms with Gasteiger partial charge in [-0.1, -0.05) is 50.5 Å². The van der Waals surface area contributed by atoms with Gasteiger partial charge in [0.25, 0.3) is 0 Å². The lowest BCUT2D eigenvalue weighted by Gasteiger charge is -2.57. The molecule has 0 aliphatic heterocycles. The van der Waals surface area contributed by atoms with Crippen molar-refractivity contribution in [3.05, 3.63) is 23.8 Å². The van der Waals surface area contributed by atoms with Gasteiger partial charge in [0.05, 0.1) is 23.2 Å². The molecule has 222 valence electrons. The van der Waals surface area contributed by atoms with Crippen LogP contribution in [-0.2, 0) is 9.53 Å². The fraction of sp³-hybridized carbons (Fsp3) is 0.857. The molecule has 4 aliphatic rings. The van der Waals surface area contributed by atoms with Gasteiger partial charge in [-0.25, -0.2) is 0 Å². The molecule has 2 N–H and O–H groups in total. The van der Waals surface area contributed by atoms with Crippen LogP contribution in [0, 0.1) is 39.9 Å². The minimum absolute atomic E-state index is 0.0234. The summed E-state index contributed by atoms with van der Waals surface area (Å²) < 4.78 is 6.77. The number of hydrogen-bond acceptors (Lipinski definition) is 3. The number of fused-ring (bicyclic) bond motifs is 2. The molecule has 0 bridgehead atoms. The van der Waals surface area contributed by atoms with Crippen LogP contribution in [0.15, 0.2) is 23.8 Å². The van der Waals surface area contributed by atoms with Gasteiger partial charge in [0.1, 0.15) is 0 Å². The largest absolute Gasteiger partial charge is 0.481 e. The van der Waals surface area contributed by atoms with Crippen LogP contribution in [0.1, 0.15) is 132 Å². The average molecular weight is 543 g/mol. The Morgan fingerprint density at radius 1 is 1.05 bits per heavy atom. The molecule has 0 spiro atoms. The van der Waals surface area contributed by atoms with Crippen molar-refractivity contribution >= 4 is 5.97 Å². The molecular formula is C35H58O4. The highest BCUT2D eigenvalue weighted by Gasteiger charge is 2.57. The fourth-order valence-electron chi connectivity index (χ4n) is 10.1. The van der Waals surface area contributed by atoms with E-state index in [1.165, 1.54) is 30.4 Å². The Kier molecular flexibility index (Phi) is 8.64. The van der Waals surface area contributed by atoms with Gasteiger partial charge in [-0.15, -0.1) is 0 Å². The summed E-state index contributed by atoms with van der Waals surface area (Å²) in [6.07, 6.45) is 16.1. The Balaban J connectivity index is 1.39. The summed E-state index contributed by atoms with van der Waals surface area (Å²) in [7, 11) is 0. The van der Waals surface area contributed by atoms with Crippen LogP contribution < -0.4 is 0 Å². The Morgan fingerprint density at radius 3 is 2.41 bits per heavy atom. The first-order chi connectivity index (χ1) is 18.1. The number of allylic oxidation sites excluding steroid dienone is 2. The van der Waals surface area contributed by atoms with Gasteiger partial charge in [0, 0.05) is 0 Å². The zero-order chi connectivity index (χ0) is 28.9. The third-order valence-corrected chi connectivity index (χ3v) is 12.8. The molecule has 0 aromatic carbocycles. The van der Waals surface area contributed by atoms with Gasteiger partial charge in [0.15, 0.2) is 0 Å². The molecule has 4 fully saturated rings. The van der Waals surface area contributed by atoms with E-state index in [-0.39, 0.29) is 16.9 Å². The predicted molar refractivity (Wildman–Crippen MR) is 159 cm³/mol. The summed E-state index contributed by atoms with van der Waals surface area (Å²) in [6.45, 7) is 20.5. The lowest BCUT2D eigenvalue weighted by Crippen LogP contribution is -2.54. The summed E-state index contributed by atoms with van der Waals surface area (Å²) in [6, 6.07) is 0. The average Bonchev–Trinajstić information content (AvgIpc) is 2.82. The standard InChI is InChI=1S/C35H58O4/c1-24(11-13-27-25(2)12-14-28-33(27,6)18-10-19-34(28,7)30(36)37)16-22-39-35(8)20-9-17-32(5)21-15-26(23-29(32)35)31(3,4)38/h16,26-29,38H,2,9-15,17-23H2,1,3-8H3,(H,36,37). The van der Waals surface area contributed by atoms with E-state index < -0.39 is 17.0 Å². The van der Waals surface area contributed by atoms with E-state index in [1.54, 1.807) is 0 Å². The van der Waals surface area contributed by atoms with Crippen molar-refractivity contribution < 1.29 is 19.7 Å². The van der Waals surface area contributed by atoms with Crippen molar-refractivity contribution in [1.82, 2.24) is 0 Å². The number of ether oxygens (including phenoxy) is 1. The lowest BCUT2D eigenvalue weighted by molar-refractivity contribution is -0.166. The van der Waals surface area contributed by atoms with Gasteiger partial charge in [0.2, 0.25) is 0 Å². The zero-order valence-electron chi connectivity index (χ0n) is 26.2. The van der Waals surface area contributed by atoms with Gasteiger partial charge in [-0.2, -0.15) is 0 Å². The van der Waals surface area contributed by atoms with Crippen LogP contribution in [-0.4, -0.2) is 34.0 Å². The Morgan fingerprint density at radius 2 is 1.74 bits per heavy atom. The SMILES string of the molecule is C=C1CCC2C(C)(C(=O)O)CCCC2(C)C1CCC(C)=CCOC1(C)CCCC2(C)CCC(C(C)(C)O)CC21. The maximum atomic E-state index is 12.3. The number of carboxylic acid groups (broad SMARTS) is 1. The minimum atomic E-state index is -0.630. The predicted octanol–water partition coefficient (Wildman–Crippen LogP) is 8.73. The van der Waals surface area contributed by atoms with Crippen LogP contribution in [0.25, 0.3) is 0 Å². The first kappa shape index (κ1) is 30.8. The zero-order valence-corrected chi connectivity index (χ0v) is 26.2. The van der Waals surface area contributed by atoms with E-state index in [1.807, 2.05) is 20.8 Å². The number of aliphatic carboxylic acids is 1. The van der Waals surface area contributed by atoms with Crippen LogP contribution in [0.5, 0.6) is 0 Å². The lowest BCUT2D eigenvalue weighted by atomic mass is 9.46. The third-order valence-electron chi connectivity index (χ3n) is 12.8. The van der Waals surface area contributed by atoms with Gasteiger partial charge in [-0.05, 0) is 140 Å². The second-order valence-corrected chi connectivity index (χ2v) is 15.8. The second-order valence-electron chi connectivity index (χ2n) is 15.8. The van der Waals surface area contributed by atoms with Crippen molar-refractivity contribution in [3.8, 4) is 0 Å². The van der Waals surface area contributed by atoms with Crippen molar-refractivity contribution in [1.29, 1.82) is 0 Å². The summed E-state index contributed by atoms with van der Waals surface area (Å²) in [4.78, 5) is 12.3. The van der Waals surface area contributed by atoms with E-state index in [2.05, 4.69) is 40.3 Å². The van der Waals surface area contributed by atoms with E-state index >= 15 is 0 Å². The number of aliphatic hydroxyl groups is 1. The first-order valence-electron chi connectivity index (χ1n) is 16.0. The van der Waals surface area contributed by atoms with Crippen LogP contribution >= 0.6 is 0 Å². The topological polar surface area (TPSA) is 66.8 Å². The van der Waals surface area contributed by atoms with Crippen LogP contribution in [0.2, 0.25) is 0 Å². The highest BCUT2D eigenvalue weighted by atomic mass is 16.5. The highest BCUT2D eigenvalue weighted by Crippen LogP contribution is 2.62. The molecule has 4 nitrogen and oxygen atoms in total. The molecule has 8 atom stereocenters. The highest BCUT2D eigenvalue weighted by molar-refractivity contribution is 5.75. The van der Waals surface area contributed by atoms with Crippen molar-refractivity contribution in [3.63, 3.8) is 0 Å². The quantitative estimate of drug-likeness (QED) is 0.301. The number of hydrogen-bond donors (Lipinski definition) is 2. The van der Waals surface area contributed by atoms with E-state index in [0.717, 1.165) is 64.2 Å². The molecule has 4 saturated carbocycles. The van der Waals surface area contributed by atoms with Crippen LogP contribution in [0.3, 0.4) is 0 Å². The van der Waals surface area contributed by atoms with Gasteiger partial charge < -0.3 is 14.9 Å². The number of carboxylic acids is 1. The Bertz CT molecular complexity index is 960. The molecule has 0 radical (unpaired) electrons. The molecule has 8 unspecified atom stereocenters. The van der Waals surface area contributed by atoms with Crippen molar-refractivity contribution in [2.24, 2.45) is 39.9 Å². The molecule has 39 heavy (non-hydrogen) atoms. The van der Waals surface area contributed by atoms with Crippen LogP contribution in [0.4, 0.5) is 0 Å². The Hall–Kier alpha value is -1.13. The maximum absolute atomic E-state index is 12.3. The summed E-state index contributed by atoms with van der Waals surface area (Å²) in [5, 5.41) is 20.9. The van der Waals surface area contributed by atoms with Crippen molar-refractivity contribution in [2.45, 2.75) is 143 Å². The Labute approximate surface area is 239 Å². The summed E-state index contributed by atoms with van der Waals surface area (Å²) >= 11 is 0. The summed E-state index contributed by atoms with van der Waals surface area (Å²) in [5.41, 5.74) is 1.65. The van der Waals surface area contributed by atoms with Gasteiger partial charge in [-0.3, -0.25) is 4.79 Å². The minimum Gasteiger partial charge on any atom is -0.481 e. The monoisotopic (exact) mass is 542 g/mol. The first-order valence-corrected chi connectivity index (χ1v) is 16.0. The molecule has 0 heterocycles. The third kappa shape index (κ3) is 5.81. The molecule has 0 saturated heterocycles. The number of rotatable bonds is 8. The van der Waals surface area contributed by atoms with E-state index in [4.69, 9.17) is 4.74 Å². The van der Waals surface area contributed by atoms with E-state index in [9.17, 15) is 15.0 Å². The molecule has 4 heteroatoms.